The minimum absolute atomic E-state index is 0.113. The van der Waals surface area contributed by atoms with E-state index in [9.17, 15) is 18.0 Å². The van der Waals surface area contributed by atoms with Crippen LogP contribution in [0.1, 0.15) is 20.7 Å². The molecule has 0 saturated carbocycles. The van der Waals surface area contributed by atoms with Crippen molar-refractivity contribution in [1.82, 2.24) is 0 Å². The zero-order chi connectivity index (χ0) is 20.9. The standard InChI is InChI=1S/C21H18N2O5S/c1-28-21(25)18-12-5-6-13-19(18)22-20(24)15-8-7-9-16(14-15)23-29(26,27)17-10-3-2-4-11-17/h2-14,23H,1H3,(H,22,24). The molecule has 29 heavy (non-hydrogen) atoms. The van der Waals surface area contributed by atoms with Gasteiger partial charge in [-0.3, -0.25) is 9.52 Å². The maximum Gasteiger partial charge on any atom is 0.339 e. The monoisotopic (exact) mass is 410 g/mol. The fraction of sp³-hybridized carbons (Fsp3) is 0.0476. The Labute approximate surface area is 168 Å². The van der Waals surface area contributed by atoms with Crippen LogP contribution < -0.4 is 10.0 Å². The normalized spacial score (nSPS) is 10.8. The number of carbonyl (C=O) groups is 2. The average Bonchev–Trinajstić information content (AvgIpc) is 2.74. The van der Waals surface area contributed by atoms with Crippen LogP contribution in [0.2, 0.25) is 0 Å². The van der Waals surface area contributed by atoms with Gasteiger partial charge in [0.05, 0.1) is 23.3 Å². The fourth-order valence-electron chi connectivity index (χ4n) is 2.61. The number of nitrogens with one attached hydrogen (secondary N) is 2. The van der Waals surface area contributed by atoms with Gasteiger partial charge in [-0.25, -0.2) is 13.2 Å². The van der Waals surface area contributed by atoms with Crippen molar-refractivity contribution in [2.75, 3.05) is 17.1 Å². The van der Waals surface area contributed by atoms with E-state index < -0.39 is 21.9 Å². The molecule has 7 nitrogen and oxygen atoms in total. The van der Waals surface area contributed by atoms with Gasteiger partial charge < -0.3 is 10.1 Å². The van der Waals surface area contributed by atoms with E-state index in [1.54, 1.807) is 48.5 Å². The van der Waals surface area contributed by atoms with E-state index in [2.05, 4.69) is 10.0 Å². The highest BCUT2D eigenvalue weighted by Gasteiger charge is 2.16. The molecule has 3 rings (SSSR count). The van der Waals surface area contributed by atoms with Crippen LogP contribution in [0.25, 0.3) is 0 Å². The molecule has 1 amide bonds. The first kappa shape index (κ1) is 20.1. The number of benzene rings is 3. The van der Waals surface area contributed by atoms with Gasteiger partial charge in [-0.05, 0) is 42.5 Å². The molecule has 2 N–H and O–H groups in total. The summed E-state index contributed by atoms with van der Waals surface area (Å²) in [5, 5.41) is 2.65. The zero-order valence-electron chi connectivity index (χ0n) is 15.5. The summed E-state index contributed by atoms with van der Waals surface area (Å²) in [6.07, 6.45) is 0. The Kier molecular flexibility index (Phi) is 5.94. The second-order valence-electron chi connectivity index (χ2n) is 5.99. The summed E-state index contributed by atoms with van der Waals surface area (Å²) in [4.78, 5) is 24.6. The Balaban J connectivity index is 1.82. The highest BCUT2D eigenvalue weighted by atomic mass is 32.2. The Morgan fingerprint density at radius 2 is 1.55 bits per heavy atom. The number of anilines is 2. The molecule has 0 aromatic heterocycles. The number of carbonyl (C=O) groups excluding carboxylic acids is 2. The van der Waals surface area contributed by atoms with E-state index in [-0.39, 0.29) is 21.7 Å². The molecule has 0 fully saturated rings. The number of rotatable bonds is 6. The lowest BCUT2D eigenvalue weighted by Crippen LogP contribution is -2.16. The summed E-state index contributed by atoms with van der Waals surface area (Å²) in [5.74, 6) is -1.08. The fourth-order valence-corrected chi connectivity index (χ4v) is 3.68. The minimum Gasteiger partial charge on any atom is -0.465 e. The maximum atomic E-state index is 12.6. The minimum atomic E-state index is -3.78. The molecule has 3 aromatic carbocycles. The van der Waals surface area contributed by atoms with Crippen LogP contribution in [0.3, 0.4) is 0 Å². The predicted molar refractivity (Wildman–Crippen MR) is 109 cm³/mol. The molecule has 0 spiro atoms. The lowest BCUT2D eigenvalue weighted by Gasteiger charge is -2.11. The van der Waals surface area contributed by atoms with Crippen molar-refractivity contribution >= 4 is 33.3 Å². The molecule has 148 valence electrons. The van der Waals surface area contributed by atoms with E-state index in [1.807, 2.05) is 0 Å². The zero-order valence-corrected chi connectivity index (χ0v) is 16.3. The second-order valence-corrected chi connectivity index (χ2v) is 7.67. The lowest BCUT2D eigenvalue weighted by molar-refractivity contribution is 0.0602. The maximum absolute atomic E-state index is 12.6. The SMILES string of the molecule is COC(=O)c1ccccc1NC(=O)c1cccc(NS(=O)(=O)c2ccccc2)c1. The Morgan fingerprint density at radius 1 is 0.862 bits per heavy atom. The first-order chi connectivity index (χ1) is 13.9. The van der Waals surface area contributed by atoms with E-state index >= 15 is 0 Å². The van der Waals surface area contributed by atoms with E-state index in [1.165, 1.54) is 37.4 Å². The number of esters is 1. The van der Waals surface area contributed by atoms with Crippen molar-refractivity contribution in [2.45, 2.75) is 4.90 Å². The van der Waals surface area contributed by atoms with Crippen LogP contribution in [0.15, 0.2) is 83.8 Å². The Bertz CT molecular complexity index is 1140. The molecule has 0 bridgehead atoms. The lowest BCUT2D eigenvalue weighted by atomic mass is 10.1. The largest absolute Gasteiger partial charge is 0.465 e. The van der Waals surface area contributed by atoms with Gasteiger partial charge in [0.25, 0.3) is 15.9 Å². The van der Waals surface area contributed by atoms with Crippen LogP contribution in [0.5, 0.6) is 0 Å². The molecule has 0 aliphatic rings. The van der Waals surface area contributed by atoms with E-state index in [0.717, 1.165) is 0 Å². The number of hydrogen-bond acceptors (Lipinski definition) is 5. The average molecular weight is 410 g/mol. The molecule has 0 atom stereocenters. The summed E-state index contributed by atoms with van der Waals surface area (Å²) in [5.41, 5.74) is 0.963. The Morgan fingerprint density at radius 3 is 2.28 bits per heavy atom. The number of ether oxygens (including phenoxy) is 1. The van der Waals surface area contributed by atoms with Crippen molar-refractivity contribution in [1.29, 1.82) is 0 Å². The van der Waals surface area contributed by atoms with Gasteiger partial charge >= 0.3 is 5.97 Å². The van der Waals surface area contributed by atoms with Gasteiger partial charge in [0.2, 0.25) is 0 Å². The molecule has 0 heterocycles. The smallest absolute Gasteiger partial charge is 0.339 e. The third-order valence-corrected chi connectivity index (χ3v) is 5.41. The number of amides is 1. The summed E-state index contributed by atoms with van der Waals surface area (Å²) in [6, 6.07) is 20.4. The van der Waals surface area contributed by atoms with Crippen molar-refractivity contribution in [3.8, 4) is 0 Å². The topological polar surface area (TPSA) is 102 Å². The van der Waals surface area contributed by atoms with E-state index in [4.69, 9.17) is 4.74 Å². The van der Waals surface area contributed by atoms with Gasteiger partial charge in [-0.2, -0.15) is 0 Å². The molecular formula is C21H18N2O5S. The van der Waals surface area contributed by atoms with Crippen molar-refractivity contribution in [3.05, 3.63) is 90.0 Å². The van der Waals surface area contributed by atoms with Gasteiger partial charge in [0.15, 0.2) is 0 Å². The van der Waals surface area contributed by atoms with Crippen molar-refractivity contribution in [3.63, 3.8) is 0 Å². The third kappa shape index (κ3) is 4.80. The molecular weight excluding hydrogens is 392 g/mol. The third-order valence-electron chi connectivity index (χ3n) is 4.01. The van der Waals surface area contributed by atoms with Gasteiger partial charge in [0, 0.05) is 11.3 Å². The highest BCUT2D eigenvalue weighted by molar-refractivity contribution is 7.92. The van der Waals surface area contributed by atoms with Crippen LogP contribution in [-0.2, 0) is 14.8 Å². The van der Waals surface area contributed by atoms with Gasteiger partial charge in [0.1, 0.15) is 0 Å². The number of methoxy groups -OCH3 is 1. The second kappa shape index (κ2) is 8.57. The molecule has 8 heteroatoms. The summed E-state index contributed by atoms with van der Waals surface area (Å²) < 4.78 is 32.1. The van der Waals surface area contributed by atoms with Crippen LogP contribution in [0, 0.1) is 0 Å². The molecule has 0 unspecified atom stereocenters. The number of para-hydroxylation sites is 1. The van der Waals surface area contributed by atoms with Crippen LogP contribution in [0.4, 0.5) is 11.4 Å². The molecule has 0 radical (unpaired) electrons. The quantitative estimate of drug-likeness (QED) is 0.606. The summed E-state index contributed by atoms with van der Waals surface area (Å²) in [6.45, 7) is 0. The van der Waals surface area contributed by atoms with Gasteiger partial charge in [-0.15, -0.1) is 0 Å². The van der Waals surface area contributed by atoms with Gasteiger partial charge in [-0.1, -0.05) is 36.4 Å². The molecule has 0 aliphatic carbocycles. The van der Waals surface area contributed by atoms with E-state index in [0.29, 0.717) is 5.69 Å². The number of hydrogen-bond donors (Lipinski definition) is 2. The van der Waals surface area contributed by atoms with Crippen LogP contribution in [-0.4, -0.2) is 27.4 Å². The molecule has 0 aliphatic heterocycles. The molecule has 0 saturated heterocycles. The number of sulfonamides is 1. The molecule has 3 aromatic rings. The summed E-state index contributed by atoms with van der Waals surface area (Å²) >= 11 is 0. The van der Waals surface area contributed by atoms with Crippen molar-refractivity contribution < 1.29 is 22.7 Å². The van der Waals surface area contributed by atoms with Crippen LogP contribution >= 0.6 is 0 Å². The first-order valence-corrected chi connectivity index (χ1v) is 10.1. The Hall–Kier alpha value is -3.65. The first-order valence-electron chi connectivity index (χ1n) is 8.57. The highest BCUT2D eigenvalue weighted by Crippen LogP contribution is 2.20. The summed E-state index contributed by atoms with van der Waals surface area (Å²) in [7, 11) is -2.53. The predicted octanol–water partition coefficient (Wildman–Crippen LogP) is 3.53. The van der Waals surface area contributed by atoms with Crippen molar-refractivity contribution in [2.24, 2.45) is 0 Å².